The molecule has 4 rings (SSSR count). The van der Waals surface area contributed by atoms with E-state index in [0.717, 1.165) is 36.1 Å². The second kappa shape index (κ2) is 8.07. The van der Waals surface area contributed by atoms with Gasteiger partial charge in [0.15, 0.2) is 0 Å². The molecular weight excluding hydrogens is 336 g/mol. The number of hydrogen-bond donors (Lipinski definition) is 1. The Hall–Kier alpha value is -2.43. The number of carbonyl (C=O) groups is 1. The number of amides is 1. The van der Waals surface area contributed by atoms with E-state index in [-0.39, 0.29) is 5.91 Å². The van der Waals surface area contributed by atoms with E-state index in [1.807, 2.05) is 18.2 Å². The SMILES string of the molecule is CC1CCN(c2nc(C3CC3)ccc2CNC(=O)Cc2ccccn2)CC1. The highest BCUT2D eigenvalue weighted by Crippen LogP contribution is 2.40. The number of rotatable bonds is 6. The van der Waals surface area contributed by atoms with Gasteiger partial charge in [0.1, 0.15) is 5.82 Å². The predicted molar refractivity (Wildman–Crippen MR) is 107 cm³/mol. The van der Waals surface area contributed by atoms with Crippen LogP contribution in [0.1, 0.15) is 55.5 Å². The summed E-state index contributed by atoms with van der Waals surface area (Å²) in [6.07, 6.45) is 6.96. The number of carbonyl (C=O) groups excluding carboxylic acids is 1. The van der Waals surface area contributed by atoms with Gasteiger partial charge in [-0.1, -0.05) is 19.1 Å². The van der Waals surface area contributed by atoms with E-state index in [1.165, 1.54) is 31.4 Å². The molecule has 2 fully saturated rings. The third kappa shape index (κ3) is 4.65. The summed E-state index contributed by atoms with van der Waals surface area (Å²) in [7, 11) is 0. The number of anilines is 1. The third-order valence-corrected chi connectivity index (χ3v) is 5.60. The van der Waals surface area contributed by atoms with Gasteiger partial charge in [-0.3, -0.25) is 9.78 Å². The number of nitrogens with one attached hydrogen (secondary N) is 1. The molecule has 3 heterocycles. The van der Waals surface area contributed by atoms with Gasteiger partial charge in [-0.15, -0.1) is 0 Å². The van der Waals surface area contributed by atoms with E-state index in [9.17, 15) is 4.79 Å². The Morgan fingerprint density at radius 2 is 1.96 bits per heavy atom. The number of pyridine rings is 2. The summed E-state index contributed by atoms with van der Waals surface area (Å²) in [6, 6.07) is 9.96. The summed E-state index contributed by atoms with van der Waals surface area (Å²) in [5.41, 5.74) is 3.12. The number of hydrogen-bond acceptors (Lipinski definition) is 4. The van der Waals surface area contributed by atoms with Gasteiger partial charge >= 0.3 is 0 Å². The van der Waals surface area contributed by atoms with Crippen LogP contribution >= 0.6 is 0 Å². The van der Waals surface area contributed by atoms with Crippen LogP contribution in [0.3, 0.4) is 0 Å². The van der Waals surface area contributed by atoms with Crippen molar-refractivity contribution in [2.45, 2.75) is 51.5 Å². The molecule has 0 unspecified atom stereocenters. The second-order valence-electron chi connectivity index (χ2n) is 7.94. The topological polar surface area (TPSA) is 58.1 Å². The molecule has 0 radical (unpaired) electrons. The summed E-state index contributed by atoms with van der Waals surface area (Å²) in [6.45, 7) is 4.95. The van der Waals surface area contributed by atoms with Gasteiger partial charge in [-0.25, -0.2) is 4.98 Å². The minimum atomic E-state index is -0.00168. The molecule has 1 saturated carbocycles. The minimum Gasteiger partial charge on any atom is -0.356 e. The summed E-state index contributed by atoms with van der Waals surface area (Å²) < 4.78 is 0. The first kappa shape index (κ1) is 18.0. The van der Waals surface area contributed by atoms with Gasteiger partial charge in [0.05, 0.1) is 6.42 Å². The van der Waals surface area contributed by atoms with E-state index in [2.05, 4.69) is 34.3 Å². The van der Waals surface area contributed by atoms with E-state index in [4.69, 9.17) is 4.98 Å². The van der Waals surface area contributed by atoms with Crippen LogP contribution in [0.25, 0.3) is 0 Å². The van der Waals surface area contributed by atoms with Crippen LogP contribution in [-0.2, 0) is 17.8 Å². The zero-order valence-corrected chi connectivity index (χ0v) is 16.0. The van der Waals surface area contributed by atoms with Crippen molar-refractivity contribution in [1.29, 1.82) is 0 Å². The van der Waals surface area contributed by atoms with Crippen molar-refractivity contribution in [3.63, 3.8) is 0 Å². The fourth-order valence-electron chi connectivity index (χ4n) is 3.65. The quantitative estimate of drug-likeness (QED) is 0.853. The lowest BCUT2D eigenvalue weighted by atomic mass is 9.99. The molecule has 1 amide bonds. The van der Waals surface area contributed by atoms with Gasteiger partial charge in [-0.2, -0.15) is 0 Å². The molecule has 2 aliphatic rings. The van der Waals surface area contributed by atoms with Gasteiger partial charge < -0.3 is 10.2 Å². The van der Waals surface area contributed by atoms with Crippen LogP contribution in [-0.4, -0.2) is 29.0 Å². The fourth-order valence-corrected chi connectivity index (χ4v) is 3.65. The van der Waals surface area contributed by atoms with Gasteiger partial charge in [-0.05, 0) is 49.8 Å². The summed E-state index contributed by atoms with van der Waals surface area (Å²) in [5.74, 6) is 2.50. The van der Waals surface area contributed by atoms with E-state index in [1.54, 1.807) is 6.20 Å². The predicted octanol–water partition coefficient (Wildman–Crippen LogP) is 3.45. The number of piperidine rings is 1. The fraction of sp³-hybridized carbons (Fsp3) is 0.500. The van der Waals surface area contributed by atoms with Crippen molar-refractivity contribution >= 4 is 11.7 Å². The maximum atomic E-state index is 12.3. The molecule has 2 aromatic heterocycles. The van der Waals surface area contributed by atoms with Gasteiger partial charge in [0.25, 0.3) is 0 Å². The van der Waals surface area contributed by atoms with E-state index < -0.39 is 0 Å². The average Bonchev–Trinajstić information content (AvgIpc) is 3.53. The Morgan fingerprint density at radius 3 is 2.67 bits per heavy atom. The van der Waals surface area contributed by atoms with Crippen LogP contribution in [0.5, 0.6) is 0 Å². The molecule has 5 heteroatoms. The summed E-state index contributed by atoms with van der Waals surface area (Å²) >= 11 is 0. The lowest BCUT2D eigenvalue weighted by Gasteiger charge is -2.33. The molecule has 0 bridgehead atoms. The minimum absolute atomic E-state index is 0.00168. The van der Waals surface area contributed by atoms with E-state index >= 15 is 0 Å². The van der Waals surface area contributed by atoms with Crippen LogP contribution in [0.2, 0.25) is 0 Å². The van der Waals surface area contributed by atoms with Gasteiger partial charge in [0, 0.05) is 48.7 Å². The van der Waals surface area contributed by atoms with Crippen molar-refractivity contribution in [3.05, 3.63) is 53.5 Å². The summed E-state index contributed by atoms with van der Waals surface area (Å²) in [5, 5.41) is 3.05. The molecular formula is C22H28N4O. The monoisotopic (exact) mass is 364 g/mol. The summed E-state index contributed by atoms with van der Waals surface area (Å²) in [4.78, 5) is 24.0. The average molecular weight is 364 g/mol. The first-order valence-corrected chi connectivity index (χ1v) is 10.1. The van der Waals surface area contributed by atoms with Gasteiger partial charge in [0.2, 0.25) is 5.91 Å². The highest BCUT2D eigenvalue weighted by Gasteiger charge is 2.27. The third-order valence-electron chi connectivity index (χ3n) is 5.60. The maximum absolute atomic E-state index is 12.3. The zero-order valence-electron chi connectivity index (χ0n) is 16.0. The van der Waals surface area contributed by atoms with E-state index in [0.29, 0.717) is 18.9 Å². The van der Waals surface area contributed by atoms with Crippen LogP contribution in [0.15, 0.2) is 36.5 Å². The Morgan fingerprint density at radius 1 is 1.15 bits per heavy atom. The van der Waals surface area contributed by atoms with Crippen molar-refractivity contribution < 1.29 is 4.79 Å². The van der Waals surface area contributed by atoms with Crippen LogP contribution < -0.4 is 10.2 Å². The lowest BCUT2D eigenvalue weighted by molar-refractivity contribution is -0.120. The number of aromatic nitrogens is 2. The van der Waals surface area contributed by atoms with Crippen LogP contribution in [0, 0.1) is 5.92 Å². The highest BCUT2D eigenvalue weighted by atomic mass is 16.1. The molecule has 1 aliphatic heterocycles. The maximum Gasteiger partial charge on any atom is 0.226 e. The molecule has 0 spiro atoms. The highest BCUT2D eigenvalue weighted by molar-refractivity contribution is 5.78. The molecule has 1 saturated heterocycles. The lowest BCUT2D eigenvalue weighted by Crippen LogP contribution is -2.35. The smallest absolute Gasteiger partial charge is 0.226 e. The molecule has 1 aliphatic carbocycles. The molecule has 0 atom stereocenters. The molecule has 27 heavy (non-hydrogen) atoms. The second-order valence-corrected chi connectivity index (χ2v) is 7.94. The Labute approximate surface area is 161 Å². The molecule has 142 valence electrons. The molecule has 5 nitrogen and oxygen atoms in total. The largest absolute Gasteiger partial charge is 0.356 e. The van der Waals surface area contributed by atoms with Crippen LogP contribution in [0.4, 0.5) is 5.82 Å². The Kier molecular flexibility index (Phi) is 5.37. The Balaban J connectivity index is 1.45. The normalized spacial score (nSPS) is 17.7. The molecule has 0 aromatic carbocycles. The zero-order chi connectivity index (χ0) is 18.6. The standard InChI is InChI=1S/C22H28N4O/c1-16-9-12-26(13-10-16)22-18(7-8-20(25-22)17-5-6-17)15-24-21(27)14-19-4-2-3-11-23-19/h2-4,7-8,11,16-17H,5-6,9-10,12-15H2,1H3,(H,24,27). The first-order chi connectivity index (χ1) is 13.2. The molecule has 1 N–H and O–H groups in total. The van der Waals surface area contributed by atoms with Crippen molar-refractivity contribution in [2.24, 2.45) is 5.92 Å². The van der Waals surface area contributed by atoms with Crippen molar-refractivity contribution in [1.82, 2.24) is 15.3 Å². The number of nitrogens with zero attached hydrogens (tertiary/aromatic N) is 3. The van der Waals surface area contributed by atoms with Crippen molar-refractivity contribution in [3.8, 4) is 0 Å². The first-order valence-electron chi connectivity index (χ1n) is 10.1. The molecule has 2 aromatic rings. The Bertz CT molecular complexity index is 780. The van der Waals surface area contributed by atoms with Crippen molar-refractivity contribution in [2.75, 3.05) is 18.0 Å².